The van der Waals surface area contributed by atoms with Crippen LogP contribution in [0.1, 0.15) is 49.6 Å². The first-order valence-electron chi connectivity index (χ1n) is 8.53. The van der Waals surface area contributed by atoms with Crippen molar-refractivity contribution >= 4 is 16.9 Å². The standard InChI is InChI=1S/C19H23N5/c1-19(2,3)24-18-16(17(20)21-11-22-18)15(23-24)10-13-8-4-6-12-7-5-9-14(12)13/h4,6,8,11H,5,7,9-10H2,1-3H3,(H2,20,21,22). The van der Waals surface area contributed by atoms with Gasteiger partial charge in [-0.1, -0.05) is 18.2 Å². The predicted octanol–water partition coefficient (Wildman–Crippen LogP) is 3.24. The lowest BCUT2D eigenvalue weighted by molar-refractivity contribution is 0.363. The molecule has 0 spiro atoms. The fourth-order valence-electron chi connectivity index (χ4n) is 3.68. The van der Waals surface area contributed by atoms with Gasteiger partial charge in [-0.3, -0.25) is 0 Å². The van der Waals surface area contributed by atoms with Crippen molar-refractivity contribution in [1.82, 2.24) is 19.7 Å². The molecule has 1 aromatic carbocycles. The van der Waals surface area contributed by atoms with Gasteiger partial charge in [0.1, 0.15) is 12.1 Å². The van der Waals surface area contributed by atoms with Gasteiger partial charge in [0.05, 0.1) is 16.6 Å². The zero-order chi connectivity index (χ0) is 16.9. The number of nitrogens with two attached hydrogens (primary N) is 1. The summed E-state index contributed by atoms with van der Waals surface area (Å²) in [6, 6.07) is 6.61. The monoisotopic (exact) mass is 321 g/mol. The molecule has 0 aliphatic heterocycles. The molecule has 0 bridgehead atoms. The molecule has 0 radical (unpaired) electrons. The van der Waals surface area contributed by atoms with E-state index in [-0.39, 0.29) is 5.54 Å². The predicted molar refractivity (Wildman–Crippen MR) is 96.0 cm³/mol. The van der Waals surface area contributed by atoms with E-state index in [1.807, 2.05) is 4.68 Å². The van der Waals surface area contributed by atoms with E-state index in [2.05, 4.69) is 48.9 Å². The minimum absolute atomic E-state index is 0.157. The van der Waals surface area contributed by atoms with Crippen LogP contribution in [0.5, 0.6) is 0 Å². The highest BCUT2D eigenvalue weighted by atomic mass is 15.3. The molecule has 5 nitrogen and oxygen atoms in total. The summed E-state index contributed by atoms with van der Waals surface area (Å²) in [5, 5.41) is 5.77. The summed E-state index contributed by atoms with van der Waals surface area (Å²) in [7, 11) is 0. The Morgan fingerprint density at radius 3 is 2.79 bits per heavy atom. The van der Waals surface area contributed by atoms with Gasteiger partial charge in [0.25, 0.3) is 0 Å². The molecule has 0 unspecified atom stereocenters. The Morgan fingerprint density at radius 1 is 1.17 bits per heavy atom. The van der Waals surface area contributed by atoms with Gasteiger partial charge in [-0.25, -0.2) is 14.6 Å². The van der Waals surface area contributed by atoms with Crippen LogP contribution in [0.15, 0.2) is 24.5 Å². The van der Waals surface area contributed by atoms with Crippen molar-refractivity contribution in [2.75, 3.05) is 5.73 Å². The highest BCUT2D eigenvalue weighted by Gasteiger charge is 2.24. The van der Waals surface area contributed by atoms with Crippen molar-refractivity contribution in [1.29, 1.82) is 0 Å². The van der Waals surface area contributed by atoms with E-state index < -0.39 is 0 Å². The zero-order valence-corrected chi connectivity index (χ0v) is 14.5. The number of aryl methyl sites for hydroxylation is 1. The van der Waals surface area contributed by atoms with Crippen LogP contribution < -0.4 is 5.73 Å². The lowest BCUT2D eigenvalue weighted by Gasteiger charge is -2.19. The number of aromatic nitrogens is 4. The highest BCUT2D eigenvalue weighted by molar-refractivity contribution is 5.88. The van der Waals surface area contributed by atoms with Crippen LogP contribution in [-0.2, 0) is 24.8 Å². The molecule has 124 valence electrons. The summed E-state index contributed by atoms with van der Waals surface area (Å²) in [5.74, 6) is 0.512. The normalized spacial score (nSPS) is 14.3. The Kier molecular flexibility index (Phi) is 3.34. The third-order valence-corrected chi connectivity index (χ3v) is 4.80. The molecule has 2 heterocycles. The smallest absolute Gasteiger partial charge is 0.164 e. The second kappa shape index (κ2) is 5.30. The van der Waals surface area contributed by atoms with Gasteiger partial charge in [-0.05, 0) is 56.7 Å². The summed E-state index contributed by atoms with van der Waals surface area (Å²) in [5.41, 5.74) is 12.1. The summed E-state index contributed by atoms with van der Waals surface area (Å²) in [6.07, 6.45) is 5.89. The number of nitrogen functional groups attached to an aromatic ring is 1. The third-order valence-electron chi connectivity index (χ3n) is 4.80. The highest BCUT2D eigenvalue weighted by Crippen LogP contribution is 2.31. The van der Waals surface area contributed by atoms with Crippen LogP contribution in [0.4, 0.5) is 5.82 Å². The first kappa shape index (κ1) is 15.1. The average molecular weight is 321 g/mol. The van der Waals surface area contributed by atoms with E-state index in [0.717, 1.165) is 29.6 Å². The van der Waals surface area contributed by atoms with Crippen molar-refractivity contribution in [2.24, 2.45) is 0 Å². The number of hydrogen-bond donors (Lipinski definition) is 1. The second-order valence-electron chi connectivity index (χ2n) is 7.57. The quantitative estimate of drug-likeness (QED) is 0.786. The van der Waals surface area contributed by atoms with E-state index in [0.29, 0.717) is 5.82 Å². The van der Waals surface area contributed by atoms with E-state index in [1.54, 1.807) is 0 Å². The van der Waals surface area contributed by atoms with Crippen molar-refractivity contribution in [2.45, 2.75) is 52.0 Å². The second-order valence-corrected chi connectivity index (χ2v) is 7.57. The molecule has 2 aromatic heterocycles. The molecule has 24 heavy (non-hydrogen) atoms. The van der Waals surface area contributed by atoms with E-state index in [1.165, 1.54) is 35.9 Å². The summed E-state index contributed by atoms with van der Waals surface area (Å²) in [4.78, 5) is 8.64. The molecule has 0 amide bonds. The minimum atomic E-state index is -0.157. The van der Waals surface area contributed by atoms with E-state index in [9.17, 15) is 0 Å². The lowest BCUT2D eigenvalue weighted by atomic mass is 9.99. The maximum Gasteiger partial charge on any atom is 0.164 e. The van der Waals surface area contributed by atoms with Gasteiger partial charge < -0.3 is 5.73 Å². The Hall–Kier alpha value is -2.43. The molecule has 1 aliphatic carbocycles. The first-order valence-corrected chi connectivity index (χ1v) is 8.53. The van der Waals surface area contributed by atoms with Crippen LogP contribution in [0.25, 0.3) is 11.0 Å². The largest absolute Gasteiger partial charge is 0.383 e. The SMILES string of the molecule is CC(C)(C)n1nc(Cc2cccc3c2CCC3)c2c(N)ncnc21. The molecule has 4 rings (SSSR count). The molecule has 0 fully saturated rings. The van der Waals surface area contributed by atoms with Gasteiger partial charge in [0, 0.05) is 6.42 Å². The zero-order valence-electron chi connectivity index (χ0n) is 14.5. The number of nitrogens with zero attached hydrogens (tertiary/aromatic N) is 4. The maximum absolute atomic E-state index is 6.18. The number of hydrogen-bond acceptors (Lipinski definition) is 4. The van der Waals surface area contributed by atoms with Crippen LogP contribution in [0.3, 0.4) is 0 Å². The summed E-state index contributed by atoms with van der Waals surface area (Å²) in [6.45, 7) is 6.38. The number of rotatable bonds is 2. The van der Waals surface area contributed by atoms with Gasteiger partial charge in [0.2, 0.25) is 0 Å². The molecule has 0 atom stereocenters. The molecule has 3 aromatic rings. The van der Waals surface area contributed by atoms with Gasteiger partial charge in [-0.15, -0.1) is 0 Å². The first-order chi connectivity index (χ1) is 11.4. The minimum Gasteiger partial charge on any atom is -0.383 e. The van der Waals surface area contributed by atoms with Crippen molar-refractivity contribution in [3.63, 3.8) is 0 Å². The Labute approximate surface area is 141 Å². The molecule has 0 saturated heterocycles. The van der Waals surface area contributed by atoms with Gasteiger partial charge in [0.15, 0.2) is 5.65 Å². The Bertz CT molecular complexity index is 917. The maximum atomic E-state index is 6.18. The van der Waals surface area contributed by atoms with Crippen LogP contribution in [0, 0.1) is 0 Å². The number of benzene rings is 1. The molecular weight excluding hydrogens is 298 g/mol. The van der Waals surface area contributed by atoms with Crippen LogP contribution in [0.2, 0.25) is 0 Å². The average Bonchev–Trinajstić information content (AvgIpc) is 3.13. The number of anilines is 1. The van der Waals surface area contributed by atoms with Crippen molar-refractivity contribution in [3.8, 4) is 0 Å². The Morgan fingerprint density at radius 2 is 2.00 bits per heavy atom. The van der Waals surface area contributed by atoms with Gasteiger partial charge >= 0.3 is 0 Å². The third kappa shape index (κ3) is 2.35. The Balaban J connectivity index is 1.88. The van der Waals surface area contributed by atoms with E-state index in [4.69, 9.17) is 10.8 Å². The topological polar surface area (TPSA) is 69.6 Å². The van der Waals surface area contributed by atoms with Crippen molar-refractivity contribution < 1.29 is 0 Å². The fourth-order valence-corrected chi connectivity index (χ4v) is 3.68. The number of fused-ring (bicyclic) bond motifs is 2. The molecule has 1 aliphatic rings. The lowest BCUT2D eigenvalue weighted by Crippen LogP contribution is -2.23. The van der Waals surface area contributed by atoms with Crippen molar-refractivity contribution in [3.05, 3.63) is 46.9 Å². The molecule has 2 N–H and O–H groups in total. The summed E-state index contributed by atoms with van der Waals surface area (Å²) < 4.78 is 1.97. The van der Waals surface area contributed by atoms with Gasteiger partial charge in [-0.2, -0.15) is 5.10 Å². The van der Waals surface area contributed by atoms with Crippen LogP contribution >= 0.6 is 0 Å². The van der Waals surface area contributed by atoms with Crippen LogP contribution in [-0.4, -0.2) is 19.7 Å². The summed E-state index contributed by atoms with van der Waals surface area (Å²) >= 11 is 0. The molecular formula is C19H23N5. The molecule has 5 heteroatoms. The fraction of sp³-hybridized carbons (Fsp3) is 0.421. The van der Waals surface area contributed by atoms with E-state index >= 15 is 0 Å². The molecule has 0 saturated carbocycles.